The number of benzene rings is 1. The van der Waals surface area contributed by atoms with Crippen LogP contribution in [0.1, 0.15) is 5.56 Å². The van der Waals surface area contributed by atoms with Gasteiger partial charge >= 0.3 is 0 Å². The standard InChI is InChI=1S/C8H4NO2.Pt/c1-2-7-3-5-8(6-4-7)9(10)11;/h3-6H;/q-1;. The molecule has 1 rings (SSSR count). The maximum Gasteiger partial charge on any atom is 0.266 e. The smallest absolute Gasteiger partial charge is 0.266 e. The van der Waals surface area contributed by atoms with Gasteiger partial charge < -0.3 is 6.42 Å². The average molecular weight is 341 g/mol. The second-order valence-electron chi connectivity index (χ2n) is 1.93. The van der Waals surface area contributed by atoms with Crippen LogP contribution in [0.15, 0.2) is 24.3 Å². The third kappa shape index (κ3) is 2.48. The summed E-state index contributed by atoms with van der Waals surface area (Å²) >= 11 is 0. The van der Waals surface area contributed by atoms with Crippen molar-refractivity contribution in [1.82, 2.24) is 0 Å². The summed E-state index contributed by atoms with van der Waals surface area (Å²) in [5, 5.41) is 10.1. The molecule has 0 radical (unpaired) electrons. The molecule has 0 N–H and O–H groups in total. The molecule has 0 heterocycles. The molecule has 0 aliphatic rings. The molecule has 64 valence electrons. The van der Waals surface area contributed by atoms with Crippen molar-refractivity contribution in [2.45, 2.75) is 0 Å². The topological polar surface area (TPSA) is 43.1 Å². The number of nitrogens with zero attached hydrogens (tertiary/aromatic N) is 1. The Kier molecular flexibility index (Phi) is 4.24. The molecule has 0 fully saturated rings. The third-order valence-corrected chi connectivity index (χ3v) is 1.22. The van der Waals surface area contributed by atoms with E-state index in [-0.39, 0.29) is 26.8 Å². The van der Waals surface area contributed by atoms with E-state index in [9.17, 15) is 10.1 Å². The summed E-state index contributed by atoms with van der Waals surface area (Å²) in [6.07, 6.45) is 6.70. The van der Waals surface area contributed by atoms with Crippen LogP contribution in [0.3, 0.4) is 0 Å². The average Bonchev–Trinajstić information content (AvgIpc) is 2.05. The zero-order valence-corrected chi connectivity index (χ0v) is 8.16. The Bertz CT molecular complexity index is 313. The zero-order valence-electron chi connectivity index (χ0n) is 5.89. The van der Waals surface area contributed by atoms with Crippen molar-refractivity contribution in [2.75, 3.05) is 0 Å². The predicted octanol–water partition coefficient (Wildman–Crippen LogP) is 1.53. The molecule has 0 spiro atoms. The minimum atomic E-state index is -0.478. The fourth-order valence-electron chi connectivity index (χ4n) is 0.666. The van der Waals surface area contributed by atoms with Crippen molar-refractivity contribution < 1.29 is 26.0 Å². The van der Waals surface area contributed by atoms with Gasteiger partial charge in [-0.1, -0.05) is 0 Å². The Morgan fingerprint density at radius 1 is 1.33 bits per heavy atom. The number of hydrogen-bond acceptors (Lipinski definition) is 2. The Balaban J connectivity index is 0.00000121. The number of non-ortho nitro benzene ring substituents is 1. The first-order chi connectivity index (χ1) is 5.24. The van der Waals surface area contributed by atoms with Gasteiger partial charge in [0, 0.05) is 21.1 Å². The van der Waals surface area contributed by atoms with Gasteiger partial charge in [0.2, 0.25) is 0 Å². The van der Waals surface area contributed by atoms with Gasteiger partial charge in [0.05, 0.1) is 4.92 Å². The summed E-state index contributed by atoms with van der Waals surface area (Å²) in [7, 11) is 0. The van der Waals surface area contributed by atoms with Gasteiger partial charge in [-0.3, -0.25) is 16.0 Å². The van der Waals surface area contributed by atoms with Crippen molar-refractivity contribution in [2.24, 2.45) is 0 Å². The molecule has 0 aliphatic carbocycles. The monoisotopic (exact) mass is 341 g/mol. The van der Waals surface area contributed by atoms with E-state index in [1.165, 1.54) is 24.3 Å². The molecule has 0 bridgehead atoms. The van der Waals surface area contributed by atoms with E-state index in [1.807, 2.05) is 0 Å². The minimum absolute atomic E-state index is 0. The van der Waals surface area contributed by atoms with Gasteiger partial charge in [0.15, 0.2) is 0 Å². The molecule has 0 amide bonds. The molecule has 4 heteroatoms. The van der Waals surface area contributed by atoms with E-state index in [1.54, 1.807) is 0 Å². The quantitative estimate of drug-likeness (QED) is 0.337. The maximum atomic E-state index is 10.1. The molecule has 3 nitrogen and oxygen atoms in total. The van der Waals surface area contributed by atoms with Gasteiger partial charge in [-0.2, -0.15) is 0 Å². The van der Waals surface area contributed by atoms with Crippen molar-refractivity contribution >= 4 is 5.69 Å². The SMILES string of the molecule is [C-]#Cc1ccc([N+](=O)[O-])cc1.[Pt]. The molecule has 0 atom stereocenters. The molecule has 12 heavy (non-hydrogen) atoms. The Hall–Kier alpha value is -1.13. The predicted molar refractivity (Wildman–Crippen MR) is 39.3 cm³/mol. The number of nitro benzene ring substituents is 1. The van der Waals surface area contributed by atoms with Crippen LogP contribution in [-0.4, -0.2) is 4.92 Å². The minimum Gasteiger partial charge on any atom is -0.366 e. The van der Waals surface area contributed by atoms with Crippen molar-refractivity contribution in [3.8, 4) is 5.92 Å². The van der Waals surface area contributed by atoms with Gasteiger partial charge in [0.25, 0.3) is 5.69 Å². The van der Waals surface area contributed by atoms with E-state index in [0.717, 1.165) is 0 Å². The number of nitro groups is 1. The summed E-state index contributed by atoms with van der Waals surface area (Å²) in [4.78, 5) is 9.66. The summed E-state index contributed by atoms with van der Waals surface area (Å²) in [6, 6.07) is 5.64. The molecule has 0 aliphatic heterocycles. The first-order valence-electron chi connectivity index (χ1n) is 2.91. The first kappa shape index (κ1) is 10.9. The van der Waals surface area contributed by atoms with Crippen LogP contribution in [0.5, 0.6) is 0 Å². The summed E-state index contributed by atoms with van der Waals surface area (Å²) in [6.45, 7) is 0. The van der Waals surface area contributed by atoms with Crippen LogP contribution in [0, 0.1) is 22.5 Å². The van der Waals surface area contributed by atoms with E-state index in [0.29, 0.717) is 5.56 Å². The molecule has 0 saturated heterocycles. The van der Waals surface area contributed by atoms with Crippen LogP contribution in [0.2, 0.25) is 0 Å². The van der Waals surface area contributed by atoms with E-state index < -0.39 is 4.92 Å². The summed E-state index contributed by atoms with van der Waals surface area (Å²) in [5.74, 6) is 2.12. The van der Waals surface area contributed by atoms with Crippen LogP contribution < -0.4 is 0 Å². The maximum absolute atomic E-state index is 10.1. The normalized spacial score (nSPS) is 7.92. The molecule has 0 aromatic heterocycles. The Morgan fingerprint density at radius 3 is 2.17 bits per heavy atom. The van der Waals surface area contributed by atoms with Crippen LogP contribution >= 0.6 is 0 Å². The summed E-state index contributed by atoms with van der Waals surface area (Å²) < 4.78 is 0. The van der Waals surface area contributed by atoms with E-state index in [4.69, 9.17) is 6.42 Å². The van der Waals surface area contributed by atoms with Gasteiger partial charge in [-0.05, 0) is 12.1 Å². The van der Waals surface area contributed by atoms with Gasteiger partial charge in [-0.25, -0.2) is 0 Å². The molecule has 1 aromatic rings. The second kappa shape index (κ2) is 4.69. The largest absolute Gasteiger partial charge is 0.366 e. The fraction of sp³-hybridized carbons (Fsp3) is 0. The van der Waals surface area contributed by atoms with Crippen LogP contribution in [0.25, 0.3) is 0 Å². The Morgan fingerprint density at radius 2 is 1.83 bits per heavy atom. The fourth-order valence-corrected chi connectivity index (χ4v) is 0.666. The van der Waals surface area contributed by atoms with Gasteiger partial charge in [-0.15, -0.1) is 17.7 Å². The molecular formula is C8H4NO2Pt-. The van der Waals surface area contributed by atoms with Crippen molar-refractivity contribution in [3.05, 3.63) is 46.4 Å². The third-order valence-electron chi connectivity index (χ3n) is 1.22. The van der Waals surface area contributed by atoms with Gasteiger partial charge in [0.1, 0.15) is 0 Å². The Labute approximate surface area is 84.2 Å². The van der Waals surface area contributed by atoms with Crippen LogP contribution in [0.4, 0.5) is 5.69 Å². The first-order valence-corrected chi connectivity index (χ1v) is 2.91. The second-order valence-corrected chi connectivity index (χ2v) is 1.93. The number of hydrogen-bond donors (Lipinski definition) is 0. The zero-order chi connectivity index (χ0) is 8.27. The molecule has 0 saturated carbocycles. The van der Waals surface area contributed by atoms with Crippen molar-refractivity contribution in [3.63, 3.8) is 0 Å². The van der Waals surface area contributed by atoms with Crippen molar-refractivity contribution in [1.29, 1.82) is 0 Å². The number of rotatable bonds is 1. The van der Waals surface area contributed by atoms with E-state index in [2.05, 4.69) is 5.92 Å². The van der Waals surface area contributed by atoms with Crippen LogP contribution in [-0.2, 0) is 21.1 Å². The molecule has 1 aromatic carbocycles. The van der Waals surface area contributed by atoms with E-state index >= 15 is 0 Å². The molecule has 0 unspecified atom stereocenters. The summed E-state index contributed by atoms with van der Waals surface area (Å²) in [5.41, 5.74) is 0.569. The molecular weight excluding hydrogens is 337 g/mol.